The molecule has 0 fully saturated rings. The first-order chi connectivity index (χ1) is 13.0. The fourth-order valence-electron chi connectivity index (χ4n) is 3.18. The summed E-state index contributed by atoms with van der Waals surface area (Å²) in [5.74, 6) is 0. The average molecular weight is 378 g/mol. The van der Waals surface area contributed by atoms with Crippen LogP contribution >= 0.6 is 0 Å². The predicted octanol–water partition coefficient (Wildman–Crippen LogP) is 6.95. The highest BCUT2D eigenvalue weighted by Crippen LogP contribution is 2.38. The largest absolute Gasteiger partial charge is 0.417 e. The first-order valence-corrected chi connectivity index (χ1v) is 9.85. The molecule has 5 heteroatoms. The van der Waals surface area contributed by atoms with Gasteiger partial charge in [0.05, 0.1) is 11.3 Å². The van der Waals surface area contributed by atoms with Gasteiger partial charge in [0.15, 0.2) is 0 Å². The predicted molar refractivity (Wildman–Crippen MR) is 106 cm³/mol. The van der Waals surface area contributed by atoms with Crippen LogP contribution in [0.1, 0.15) is 57.9 Å². The molecule has 2 rings (SSSR count). The lowest BCUT2D eigenvalue weighted by Crippen LogP contribution is -2.26. The normalized spacial score (nSPS) is 11.6. The maximum absolute atomic E-state index is 13.7. The monoisotopic (exact) mass is 378 g/mol. The Morgan fingerprint density at radius 3 is 2.07 bits per heavy atom. The van der Waals surface area contributed by atoms with E-state index in [1.54, 1.807) is 30.3 Å². The topological polar surface area (TPSA) is 16.1 Å². The summed E-state index contributed by atoms with van der Waals surface area (Å²) in [6, 6.07) is 9.68. The quantitative estimate of drug-likeness (QED) is 0.416. The maximum atomic E-state index is 13.7. The molecule has 0 aliphatic heterocycles. The van der Waals surface area contributed by atoms with Crippen molar-refractivity contribution in [2.75, 3.05) is 18.0 Å². The molecule has 27 heavy (non-hydrogen) atoms. The summed E-state index contributed by atoms with van der Waals surface area (Å²) in [5.41, 5.74) is 0.512. The van der Waals surface area contributed by atoms with Crippen molar-refractivity contribution >= 4 is 5.69 Å². The SMILES string of the molecule is CCCCCN(CCCCC)c1ccc(-c2ccccn2)c(C(F)(F)F)c1. The summed E-state index contributed by atoms with van der Waals surface area (Å²) in [6.45, 7) is 5.84. The Hall–Kier alpha value is -2.04. The van der Waals surface area contributed by atoms with Crippen LogP contribution < -0.4 is 4.90 Å². The minimum Gasteiger partial charge on any atom is -0.372 e. The van der Waals surface area contributed by atoms with Crippen molar-refractivity contribution in [3.05, 3.63) is 48.2 Å². The second kappa shape index (κ2) is 10.3. The number of benzene rings is 1. The van der Waals surface area contributed by atoms with E-state index < -0.39 is 11.7 Å². The van der Waals surface area contributed by atoms with Gasteiger partial charge >= 0.3 is 6.18 Å². The van der Waals surface area contributed by atoms with Crippen LogP contribution in [0.4, 0.5) is 18.9 Å². The molecule has 0 amide bonds. The van der Waals surface area contributed by atoms with Gasteiger partial charge in [-0.25, -0.2) is 0 Å². The summed E-state index contributed by atoms with van der Waals surface area (Å²) >= 11 is 0. The highest BCUT2D eigenvalue weighted by molar-refractivity contribution is 5.68. The molecule has 1 aromatic heterocycles. The van der Waals surface area contributed by atoms with Crippen LogP contribution in [0.3, 0.4) is 0 Å². The molecule has 0 aliphatic carbocycles. The first-order valence-electron chi connectivity index (χ1n) is 9.85. The Morgan fingerprint density at radius 2 is 1.56 bits per heavy atom. The zero-order chi connectivity index (χ0) is 19.7. The van der Waals surface area contributed by atoms with Crippen LogP contribution in [0.15, 0.2) is 42.6 Å². The molecule has 0 unspecified atom stereocenters. The fraction of sp³-hybridized carbons (Fsp3) is 0.500. The number of hydrogen-bond donors (Lipinski definition) is 0. The van der Waals surface area contributed by atoms with Crippen molar-refractivity contribution in [1.82, 2.24) is 4.98 Å². The minimum atomic E-state index is -4.42. The van der Waals surface area contributed by atoms with Gasteiger partial charge in [0.2, 0.25) is 0 Å². The van der Waals surface area contributed by atoms with Gasteiger partial charge in [-0.3, -0.25) is 4.98 Å². The molecular formula is C22H29F3N2. The zero-order valence-electron chi connectivity index (χ0n) is 16.2. The molecule has 0 aliphatic rings. The molecule has 1 aromatic carbocycles. The molecule has 1 heterocycles. The molecule has 0 spiro atoms. The first kappa shape index (κ1) is 21.3. The lowest BCUT2D eigenvalue weighted by Gasteiger charge is -2.26. The lowest BCUT2D eigenvalue weighted by molar-refractivity contribution is -0.137. The standard InChI is InChI=1S/C22H29F3N2/c1-3-5-9-15-27(16-10-6-4-2)18-12-13-19(20(17-18)22(23,24)25)21-11-7-8-14-26-21/h7-8,11-14,17H,3-6,9-10,15-16H2,1-2H3. The van der Waals surface area contributed by atoms with Crippen LogP contribution in [0.5, 0.6) is 0 Å². The number of anilines is 1. The Labute approximate surface area is 160 Å². The van der Waals surface area contributed by atoms with Crippen molar-refractivity contribution in [2.45, 2.75) is 58.5 Å². The van der Waals surface area contributed by atoms with Crippen LogP contribution in [-0.4, -0.2) is 18.1 Å². The van der Waals surface area contributed by atoms with Crippen molar-refractivity contribution in [3.63, 3.8) is 0 Å². The zero-order valence-corrected chi connectivity index (χ0v) is 16.2. The Bertz CT molecular complexity index is 674. The van der Waals surface area contributed by atoms with Crippen molar-refractivity contribution in [2.24, 2.45) is 0 Å². The molecule has 0 N–H and O–H groups in total. The fourth-order valence-corrected chi connectivity index (χ4v) is 3.18. The molecule has 2 nitrogen and oxygen atoms in total. The number of pyridine rings is 1. The lowest BCUT2D eigenvalue weighted by atomic mass is 10.0. The minimum absolute atomic E-state index is 0.133. The van der Waals surface area contributed by atoms with Gasteiger partial charge in [-0.05, 0) is 37.1 Å². The molecule has 0 saturated heterocycles. The van der Waals surface area contributed by atoms with Gasteiger partial charge in [-0.2, -0.15) is 13.2 Å². The molecule has 0 bridgehead atoms. The third-order valence-corrected chi connectivity index (χ3v) is 4.68. The number of halogens is 3. The smallest absolute Gasteiger partial charge is 0.372 e. The van der Waals surface area contributed by atoms with E-state index >= 15 is 0 Å². The highest BCUT2D eigenvalue weighted by Gasteiger charge is 2.34. The van der Waals surface area contributed by atoms with E-state index in [0.29, 0.717) is 11.4 Å². The number of unbranched alkanes of at least 4 members (excludes halogenated alkanes) is 4. The van der Waals surface area contributed by atoms with Gasteiger partial charge in [-0.15, -0.1) is 0 Å². The van der Waals surface area contributed by atoms with Crippen molar-refractivity contribution in [1.29, 1.82) is 0 Å². The van der Waals surface area contributed by atoms with Crippen LogP contribution in [0.2, 0.25) is 0 Å². The second-order valence-electron chi connectivity index (χ2n) is 6.84. The van der Waals surface area contributed by atoms with E-state index in [9.17, 15) is 13.2 Å². The highest BCUT2D eigenvalue weighted by atomic mass is 19.4. The maximum Gasteiger partial charge on any atom is 0.417 e. The van der Waals surface area contributed by atoms with Crippen LogP contribution in [0, 0.1) is 0 Å². The van der Waals surface area contributed by atoms with E-state index in [-0.39, 0.29) is 5.56 Å². The number of alkyl halides is 3. The van der Waals surface area contributed by atoms with E-state index in [4.69, 9.17) is 0 Å². The third-order valence-electron chi connectivity index (χ3n) is 4.68. The van der Waals surface area contributed by atoms with Gasteiger partial charge in [0.25, 0.3) is 0 Å². The third kappa shape index (κ3) is 6.26. The Morgan fingerprint density at radius 1 is 0.889 bits per heavy atom. The average Bonchev–Trinajstić information content (AvgIpc) is 2.66. The van der Waals surface area contributed by atoms with Crippen molar-refractivity contribution in [3.8, 4) is 11.3 Å². The number of nitrogens with zero attached hydrogens (tertiary/aromatic N) is 2. The van der Waals surface area contributed by atoms with E-state index in [1.807, 2.05) is 0 Å². The van der Waals surface area contributed by atoms with E-state index in [0.717, 1.165) is 51.6 Å². The van der Waals surface area contributed by atoms with Gasteiger partial charge in [-0.1, -0.05) is 51.7 Å². The molecule has 148 valence electrons. The molecule has 2 aromatic rings. The summed E-state index contributed by atoms with van der Waals surface area (Å²) in [5, 5.41) is 0. The molecule has 0 atom stereocenters. The van der Waals surface area contributed by atoms with Gasteiger partial charge in [0, 0.05) is 30.5 Å². The van der Waals surface area contributed by atoms with Gasteiger partial charge in [0.1, 0.15) is 0 Å². The summed E-state index contributed by atoms with van der Waals surface area (Å²) in [6.07, 6.45) is 3.44. The van der Waals surface area contributed by atoms with E-state index in [2.05, 4.69) is 23.7 Å². The molecular weight excluding hydrogens is 349 g/mol. The number of rotatable bonds is 10. The second-order valence-corrected chi connectivity index (χ2v) is 6.84. The molecule has 0 saturated carbocycles. The Balaban J connectivity index is 2.36. The van der Waals surface area contributed by atoms with Crippen LogP contribution in [0.25, 0.3) is 11.3 Å². The van der Waals surface area contributed by atoms with Crippen molar-refractivity contribution < 1.29 is 13.2 Å². The summed E-state index contributed by atoms with van der Waals surface area (Å²) < 4.78 is 41.2. The van der Waals surface area contributed by atoms with Crippen LogP contribution in [-0.2, 0) is 6.18 Å². The summed E-state index contributed by atoms with van der Waals surface area (Å²) in [4.78, 5) is 6.21. The number of aromatic nitrogens is 1. The molecule has 0 radical (unpaired) electrons. The summed E-state index contributed by atoms with van der Waals surface area (Å²) in [7, 11) is 0. The van der Waals surface area contributed by atoms with Gasteiger partial charge < -0.3 is 4.90 Å². The Kier molecular flexibility index (Phi) is 8.14. The van der Waals surface area contributed by atoms with E-state index in [1.165, 1.54) is 12.3 Å². The number of hydrogen-bond acceptors (Lipinski definition) is 2.